The van der Waals surface area contributed by atoms with E-state index in [1.165, 1.54) is 0 Å². The van der Waals surface area contributed by atoms with E-state index in [9.17, 15) is 0 Å². The summed E-state index contributed by atoms with van der Waals surface area (Å²) < 4.78 is 0. The molecule has 126 valence electrons. The van der Waals surface area contributed by atoms with Gasteiger partial charge in [-0.15, -0.1) is 11.3 Å². The van der Waals surface area contributed by atoms with Crippen LogP contribution in [0.15, 0.2) is 65.4 Å². The lowest BCUT2D eigenvalue weighted by Crippen LogP contribution is -2.40. The highest BCUT2D eigenvalue weighted by Gasteiger charge is 2.29. The lowest BCUT2D eigenvalue weighted by molar-refractivity contribution is 0.494. The zero-order valence-corrected chi connectivity index (χ0v) is 14.7. The average Bonchev–Trinajstić information content (AvgIpc) is 3.13. The predicted octanol–water partition coefficient (Wildman–Crippen LogP) is 3.48. The molecule has 1 aliphatic heterocycles. The van der Waals surface area contributed by atoms with Crippen molar-refractivity contribution in [3.8, 4) is 0 Å². The topological polar surface area (TPSA) is 62.2 Å². The molecule has 0 spiro atoms. The summed E-state index contributed by atoms with van der Waals surface area (Å²) in [7, 11) is 0. The summed E-state index contributed by atoms with van der Waals surface area (Å²) in [5.74, 6) is 0.858. The lowest BCUT2D eigenvalue weighted by Gasteiger charge is -2.25. The number of thiophene rings is 1. The number of rotatable bonds is 4. The van der Waals surface area contributed by atoms with Gasteiger partial charge in [0.2, 0.25) is 0 Å². The molecule has 0 aliphatic carbocycles. The van der Waals surface area contributed by atoms with Gasteiger partial charge in [-0.25, -0.2) is 4.98 Å². The SMILES string of the molecule is CCNC1Nc2ncccc2C(c2cccs2)=NC1c1ccncc1. The molecular weight excluding hydrogens is 330 g/mol. The van der Waals surface area contributed by atoms with Crippen molar-refractivity contribution in [2.45, 2.75) is 19.1 Å². The van der Waals surface area contributed by atoms with Gasteiger partial charge in [-0.05, 0) is 47.8 Å². The van der Waals surface area contributed by atoms with Crippen molar-refractivity contribution < 1.29 is 0 Å². The summed E-state index contributed by atoms with van der Waals surface area (Å²) in [6.45, 7) is 2.94. The van der Waals surface area contributed by atoms with Crippen molar-refractivity contribution in [3.63, 3.8) is 0 Å². The number of fused-ring (bicyclic) bond motifs is 1. The fourth-order valence-electron chi connectivity index (χ4n) is 3.04. The molecule has 0 radical (unpaired) electrons. The molecule has 0 saturated heterocycles. The predicted molar refractivity (Wildman–Crippen MR) is 102 cm³/mol. The summed E-state index contributed by atoms with van der Waals surface area (Å²) in [6, 6.07) is 12.2. The number of nitrogens with one attached hydrogen (secondary N) is 2. The van der Waals surface area contributed by atoms with Crippen molar-refractivity contribution in [2.24, 2.45) is 4.99 Å². The Hall–Kier alpha value is -2.57. The Morgan fingerprint density at radius 2 is 2.00 bits per heavy atom. The van der Waals surface area contributed by atoms with Crippen LogP contribution in [0, 0.1) is 0 Å². The van der Waals surface area contributed by atoms with Gasteiger partial charge in [0.05, 0.1) is 10.6 Å². The summed E-state index contributed by atoms with van der Waals surface area (Å²) >= 11 is 1.70. The number of pyridine rings is 2. The summed E-state index contributed by atoms with van der Waals surface area (Å²) in [5, 5.41) is 9.13. The molecule has 4 rings (SSSR count). The number of aliphatic imine (C=N–C) groups is 1. The molecule has 4 heterocycles. The van der Waals surface area contributed by atoms with Gasteiger partial charge in [-0.2, -0.15) is 0 Å². The largest absolute Gasteiger partial charge is 0.352 e. The first kappa shape index (κ1) is 15.9. The third-order valence-electron chi connectivity index (χ3n) is 4.17. The Balaban J connectivity index is 1.89. The molecular formula is C19H19N5S. The van der Waals surface area contributed by atoms with Crippen molar-refractivity contribution in [2.75, 3.05) is 11.9 Å². The third kappa shape index (κ3) is 3.18. The van der Waals surface area contributed by atoms with Gasteiger partial charge < -0.3 is 5.32 Å². The molecule has 2 N–H and O–H groups in total. The summed E-state index contributed by atoms with van der Waals surface area (Å²) in [5.41, 5.74) is 3.13. The van der Waals surface area contributed by atoms with Gasteiger partial charge in [0.15, 0.2) is 0 Å². The molecule has 6 heteroatoms. The van der Waals surface area contributed by atoms with Crippen LogP contribution in [0.1, 0.15) is 29.0 Å². The minimum atomic E-state index is -0.0748. The molecule has 3 aromatic heterocycles. The van der Waals surface area contributed by atoms with Crippen LogP contribution in [0.25, 0.3) is 0 Å². The molecule has 5 nitrogen and oxygen atoms in total. The molecule has 0 saturated carbocycles. The van der Waals surface area contributed by atoms with E-state index in [0.717, 1.165) is 34.1 Å². The molecule has 0 fully saturated rings. The maximum absolute atomic E-state index is 5.16. The van der Waals surface area contributed by atoms with Gasteiger partial charge in [-0.3, -0.25) is 15.3 Å². The maximum Gasteiger partial charge on any atom is 0.136 e. The smallest absolute Gasteiger partial charge is 0.136 e. The first-order valence-corrected chi connectivity index (χ1v) is 9.21. The average molecular weight is 349 g/mol. The van der Waals surface area contributed by atoms with Crippen LogP contribution >= 0.6 is 11.3 Å². The van der Waals surface area contributed by atoms with E-state index in [1.54, 1.807) is 11.3 Å². The number of aromatic nitrogens is 2. The molecule has 0 amide bonds. The second-order valence-electron chi connectivity index (χ2n) is 5.76. The van der Waals surface area contributed by atoms with Crippen LogP contribution in [0.3, 0.4) is 0 Å². The minimum Gasteiger partial charge on any atom is -0.352 e. The zero-order valence-electron chi connectivity index (χ0n) is 13.9. The van der Waals surface area contributed by atoms with Crippen LogP contribution < -0.4 is 10.6 Å². The van der Waals surface area contributed by atoms with Gasteiger partial charge in [0.1, 0.15) is 18.0 Å². The van der Waals surface area contributed by atoms with Gasteiger partial charge in [0, 0.05) is 24.2 Å². The molecule has 2 unspecified atom stereocenters. The molecule has 2 atom stereocenters. The van der Waals surface area contributed by atoms with E-state index in [2.05, 4.69) is 51.1 Å². The van der Waals surface area contributed by atoms with Crippen LogP contribution in [0.4, 0.5) is 5.82 Å². The highest BCUT2D eigenvalue weighted by atomic mass is 32.1. The zero-order chi connectivity index (χ0) is 17.1. The van der Waals surface area contributed by atoms with Crippen molar-refractivity contribution in [3.05, 3.63) is 76.4 Å². The monoisotopic (exact) mass is 349 g/mol. The number of nitrogens with zero attached hydrogens (tertiary/aromatic N) is 3. The van der Waals surface area contributed by atoms with Crippen LogP contribution in [-0.2, 0) is 0 Å². The van der Waals surface area contributed by atoms with Gasteiger partial charge in [-0.1, -0.05) is 13.0 Å². The van der Waals surface area contributed by atoms with Crippen molar-refractivity contribution in [1.82, 2.24) is 15.3 Å². The van der Waals surface area contributed by atoms with E-state index in [0.29, 0.717) is 0 Å². The third-order valence-corrected chi connectivity index (χ3v) is 5.04. The van der Waals surface area contributed by atoms with E-state index in [4.69, 9.17) is 4.99 Å². The van der Waals surface area contributed by atoms with Crippen LogP contribution in [0.5, 0.6) is 0 Å². The first-order chi connectivity index (χ1) is 12.4. The van der Waals surface area contributed by atoms with E-state index in [1.807, 2.05) is 36.8 Å². The Morgan fingerprint density at radius 3 is 2.76 bits per heavy atom. The Kier molecular flexibility index (Phi) is 4.54. The minimum absolute atomic E-state index is 0.0430. The highest BCUT2D eigenvalue weighted by molar-refractivity contribution is 7.12. The number of hydrogen-bond acceptors (Lipinski definition) is 6. The number of anilines is 1. The van der Waals surface area contributed by atoms with Crippen LogP contribution in [-0.4, -0.2) is 28.4 Å². The second kappa shape index (κ2) is 7.13. The van der Waals surface area contributed by atoms with E-state index in [-0.39, 0.29) is 12.2 Å². The Morgan fingerprint density at radius 1 is 1.12 bits per heavy atom. The number of likely N-dealkylation sites (N-methyl/N-ethyl adjacent to an activating group) is 1. The normalized spacial score (nSPS) is 19.5. The molecule has 0 aromatic carbocycles. The van der Waals surface area contributed by atoms with Crippen LogP contribution in [0.2, 0.25) is 0 Å². The number of hydrogen-bond donors (Lipinski definition) is 2. The van der Waals surface area contributed by atoms with E-state index >= 15 is 0 Å². The maximum atomic E-state index is 5.16. The summed E-state index contributed by atoms with van der Waals surface area (Å²) in [6.07, 6.45) is 5.40. The van der Waals surface area contributed by atoms with Gasteiger partial charge in [0.25, 0.3) is 0 Å². The molecule has 3 aromatic rings. The molecule has 25 heavy (non-hydrogen) atoms. The van der Waals surface area contributed by atoms with Crippen molar-refractivity contribution >= 4 is 22.9 Å². The Bertz CT molecular complexity index is 861. The first-order valence-electron chi connectivity index (χ1n) is 8.33. The second-order valence-corrected chi connectivity index (χ2v) is 6.71. The molecule has 0 bridgehead atoms. The fraction of sp³-hybridized carbons (Fsp3) is 0.211. The van der Waals surface area contributed by atoms with E-state index < -0.39 is 0 Å². The quantitative estimate of drug-likeness (QED) is 0.757. The summed E-state index contributed by atoms with van der Waals surface area (Å²) in [4.78, 5) is 15.0. The standard InChI is InChI=1S/C19H19N5S/c1-2-21-19-16(13-7-10-20-11-8-13)23-17(15-6-4-12-25-15)14-5-3-9-22-18(14)24-19/h3-12,16,19,21H,2H2,1H3,(H,22,24). The molecule has 1 aliphatic rings. The fourth-order valence-corrected chi connectivity index (χ4v) is 3.78. The van der Waals surface area contributed by atoms with Gasteiger partial charge >= 0.3 is 0 Å². The highest BCUT2D eigenvalue weighted by Crippen LogP contribution is 2.31. The Labute approximate surface area is 150 Å². The van der Waals surface area contributed by atoms with Crippen molar-refractivity contribution in [1.29, 1.82) is 0 Å². The lowest BCUT2D eigenvalue weighted by atomic mass is 10.1.